The summed E-state index contributed by atoms with van der Waals surface area (Å²) in [7, 11) is -3.75. The first-order valence-electron chi connectivity index (χ1n) is 9.89. The van der Waals surface area contributed by atoms with Crippen LogP contribution >= 0.6 is 11.6 Å². The Hall–Kier alpha value is -2.46. The van der Waals surface area contributed by atoms with Crippen LogP contribution in [0.1, 0.15) is 29.6 Å². The molecule has 0 aliphatic carbocycles. The smallest absolute Gasteiger partial charge is 0.253 e. The topological polar surface area (TPSA) is 114 Å². The van der Waals surface area contributed by atoms with Crippen LogP contribution in [0.2, 0.25) is 5.02 Å². The Balaban J connectivity index is 1.52. The number of carbonyl (C=O) groups is 2. The molecule has 3 rings (SSSR count). The first-order chi connectivity index (χ1) is 14.8. The molecule has 0 radical (unpaired) electrons. The molecule has 1 atom stereocenters. The van der Waals surface area contributed by atoms with E-state index >= 15 is 0 Å². The van der Waals surface area contributed by atoms with Crippen LogP contribution in [-0.4, -0.2) is 46.0 Å². The van der Waals surface area contributed by atoms with Gasteiger partial charge in [0.25, 0.3) is 5.91 Å². The largest absolute Gasteiger partial charge is 0.376 e. The average molecular weight is 466 g/mol. The standard InChI is InChI=1S/C21H24ClN3O5S/c22-15-7-9-17(10-8-15)31(28,29)24-12-11-20(26)25-19-6-2-1-5-18(19)21(27)23-14-16-4-3-13-30-16/h1-2,5-10,16,24H,3-4,11-14H2,(H,23,27)(H,25,26). The van der Waals surface area contributed by atoms with Gasteiger partial charge in [0.05, 0.1) is 22.3 Å². The second kappa shape index (κ2) is 10.7. The van der Waals surface area contributed by atoms with Gasteiger partial charge in [-0.25, -0.2) is 13.1 Å². The quantitative estimate of drug-likeness (QED) is 0.526. The maximum Gasteiger partial charge on any atom is 0.253 e. The molecule has 8 nitrogen and oxygen atoms in total. The molecule has 2 aromatic rings. The Morgan fingerprint density at radius 2 is 1.84 bits per heavy atom. The van der Waals surface area contributed by atoms with E-state index in [-0.39, 0.29) is 29.9 Å². The SMILES string of the molecule is O=C(CCNS(=O)(=O)c1ccc(Cl)cc1)Nc1ccccc1C(=O)NCC1CCCO1. The van der Waals surface area contributed by atoms with Gasteiger partial charge in [-0.05, 0) is 49.2 Å². The molecule has 2 amide bonds. The summed E-state index contributed by atoms with van der Waals surface area (Å²) in [4.78, 5) is 24.9. The molecule has 1 aliphatic rings. The van der Waals surface area contributed by atoms with Crippen LogP contribution in [0.4, 0.5) is 5.69 Å². The Bertz CT molecular complexity index is 1020. The summed E-state index contributed by atoms with van der Waals surface area (Å²) in [5.41, 5.74) is 0.688. The maximum atomic E-state index is 12.5. The van der Waals surface area contributed by atoms with Gasteiger partial charge in [-0.3, -0.25) is 9.59 Å². The van der Waals surface area contributed by atoms with Crippen molar-refractivity contribution < 1.29 is 22.7 Å². The predicted octanol–water partition coefficient (Wildman–Crippen LogP) is 2.56. The Morgan fingerprint density at radius 3 is 2.55 bits per heavy atom. The molecule has 1 unspecified atom stereocenters. The number of benzene rings is 2. The molecule has 31 heavy (non-hydrogen) atoms. The lowest BCUT2D eigenvalue weighted by Crippen LogP contribution is -2.32. The average Bonchev–Trinajstić information content (AvgIpc) is 3.26. The van der Waals surface area contributed by atoms with Crippen LogP contribution in [-0.2, 0) is 19.6 Å². The number of sulfonamides is 1. The number of amides is 2. The Morgan fingerprint density at radius 1 is 1.10 bits per heavy atom. The van der Waals surface area contributed by atoms with Crippen LogP contribution < -0.4 is 15.4 Å². The minimum absolute atomic E-state index is 0.0133. The number of para-hydroxylation sites is 1. The van der Waals surface area contributed by atoms with Crippen molar-refractivity contribution in [1.82, 2.24) is 10.0 Å². The number of carbonyl (C=O) groups excluding carboxylic acids is 2. The van der Waals surface area contributed by atoms with Crippen LogP contribution in [0, 0.1) is 0 Å². The van der Waals surface area contributed by atoms with Crippen molar-refractivity contribution in [3.8, 4) is 0 Å². The summed E-state index contributed by atoms with van der Waals surface area (Å²) in [5, 5.41) is 5.92. The minimum atomic E-state index is -3.75. The van der Waals surface area contributed by atoms with Crippen LogP contribution in [0.15, 0.2) is 53.4 Å². The van der Waals surface area contributed by atoms with Crippen molar-refractivity contribution in [3.63, 3.8) is 0 Å². The third-order valence-corrected chi connectivity index (χ3v) is 6.46. The van der Waals surface area contributed by atoms with Crippen LogP contribution in [0.5, 0.6) is 0 Å². The van der Waals surface area contributed by atoms with E-state index in [1.54, 1.807) is 24.3 Å². The lowest BCUT2D eigenvalue weighted by atomic mass is 10.1. The molecule has 3 N–H and O–H groups in total. The number of anilines is 1. The normalized spacial score (nSPS) is 16.1. The third kappa shape index (κ3) is 6.76. The minimum Gasteiger partial charge on any atom is -0.376 e. The van der Waals surface area contributed by atoms with Gasteiger partial charge in [0, 0.05) is 31.1 Å². The highest BCUT2D eigenvalue weighted by molar-refractivity contribution is 7.89. The van der Waals surface area contributed by atoms with Crippen molar-refractivity contribution in [2.75, 3.05) is 25.0 Å². The lowest BCUT2D eigenvalue weighted by molar-refractivity contribution is -0.116. The molecule has 0 saturated carbocycles. The maximum absolute atomic E-state index is 12.5. The molecule has 1 fully saturated rings. The van der Waals surface area contributed by atoms with Gasteiger partial charge in [-0.2, -0.15) is 0 Å². The summed E-state index contributed by atoms with van der Waals surface area (Å²) in [5.74, 6) is -0.729. The number of halogens is 1. The molecule has 0 bridgehead atoms. The highest BCUT2D eigenvalue weighted by atomic mass is 35.5. The van der Waals surface area contributed by atoms with E-state index in [0.717, 1.165) is 12.8 Å². The van der Waals surface area contributed by atoms with Crippen molar-refractivity contribution in [2.24, 2.45) is 0 Å². The third-order valence-electron chi connectivity index (χ3n) is 4.73. The monoisotopic (exact) mass is 465 g/mol. The summed E-state index contributed by atoms with van der Waals surface area (Å²) >= 11 is 5.77. The van der Waals surface area contributed by atoms with Crippen LogP contribution in [0.3, 0.4) is 0 Å². The zero-order chi connectivity index (χ0) is 22.3. The van der Waals surface area contributed by atoms with Gasteiger partial charge in [-0.1, -0.05) is 23.7 Å². The Kier molecular flexibility index (Phi) is 8.03. The Labute approximate surface area is 186 Å². The fourth-order valence-electron chi connectivity index (χ4n) is 3.11. The molecule has 166 valence electrons. The van der Waals surface area contributed by atoms with Gasteiger partial charge in [-0.15, -0.1) is 0 Å². The van der Waals surface area contributed by atoms with E-state index in [1.165, 1.54) is 24.3 Å². The summed E-state index contributed by atoms with van der Waals surface area (Å²) < 4.78 is 32.4. The number of hydrogen-bond donors (Lipinski definition) is 3. The number of nitrogens with one attached hydrogen (secondary N) is 3. The highest BCUT2D eigenvalue weighted by Gasteiger charge is 2.19. The molecule has 1 saturated heterocycles. The van der Waals surface area contributed by atoms with Gasteiger partial charge >= 0.3 is 0 Å². The zero-order valence-electron chi connectivity index (χ0n) is 16.8. The summed E-state index contributed by atoms with van der Waals surface area (Å²) in [6.45, 7) is 1.02. The molecule has 0 aromatic heterocycles. The molecule has 1 aliphatic heterocycles. The van der Waals surface area contributed by atoms with Crippen molar-refractivity contribution in [2.45, 2.75) is 30.3 Å². The van der Waals surface area contributed by atoms with Gasteiger partial charge in [0.15, 0.2) is 0 Å². The van der Waals surface area contributed by atoms with Crippen molar-refractivity contribution in [3.05, 3.63) is 59.1 Å². The van der Waals surface area contributed by atoms with E-state index in [9.17, 15) is 18.0 Å². The second-order valence-electron chi connectivity index (χ2n) is 7.04. The van der Waals surface area contributed by atoms with Gasteiger partial charge in [0.2, 0.25) is 15.9 Å². The van der Waals surface area contributed by atoms with E-state index in [0.29, 0.717) is 29.4 Å². The molecule has 0 spiro atoms. The molecule has 1 heterocycles. The fraction of sp³-hybridized carbons (Fsp3) is 0.333. The predicted molar refractivity (Wildman–Crippen MR) is 118 cm³/mol. The number of rotatable bonds is 9. The summed E-state index contributed by atoms with van der Waals surface area (Å²) in [6.07, 6.45) is 1.80. The first-order valence-corrected chi connectivity index (χ1v) is 11.8. The van der Waals surface area contributed by atoms with Gasteiger partial charge in [0.1, 0.15) is 0 Å². The lowest BCUT2D eigenvalue weighted by Gasteiger charge is -2.14. The van der Waals surface area contributed by atoms with Crippen LogP contribution in [0.25, 0.3) is 0 Å². The first kappa shape index (κ1) is 23.2. The number of hydrogen-bond acceptors (Lipinski definition) is 5. The summed E-state index contributed by atoms with van der Waals surface area (Å²) in [6, 6.07) is 12.4. The van der Waals surface area contributed by atoms with Gasteiger partial charge < -0.3 is 15.4 Å². The van der Waals surface area contributed by atoms with E-state index in [2.05, 4.69) is 15.4 Å². The molecular weight excluding hydrogens is 442 g/mol. The molecule has 10 heteroatoms. The number of ether oxygens (including phenoxy) is 1. The van der Waals surface area contributed by atoms with Crippen molar-refractivity contribution in [1.29, 1.82) is 0 Å². The van der Waals surface area contributed by atoms with E-state index in [4.69, 9.17) is 16.3 Å². The van der Waals surface area contributed by atoms with E-state index < -0.39 is 15.9 Å². The molecular formula is C21H24ClN3O5S. The van der Waals surface area contributed by atoms with Crippen molar-refractivity contribution >= 4 is 39.1 Å². The highest BCUT2D eigenvalue weighted by Crippen LogP contribution is 2.17. The second-order valence-corrected chi connectivity index (χ2v) is 9.24. The zero-order valence-corrected chi connectivity index (χ0v) is 18.3. The molecule has 2 aromatic carbocycles. The fourth-order valence-corrected chi connectivity index (χ4v) is 4.26. The van der Waals surface area contributed by atoms with E-state index in [1.807, 2.05) is 0 Å².